The lowest BCUT2D eigenvalue weighted by Gasteiger charge is -2.31. The molecule has 0 bridgehead atoms. The number of anilines is 1. The lowest BCUT2D eigenvalue weighted by atomic mass is 9.86. The largest absolute Gasteiger partial charge is 0.385 e. The number of hydrogen-bond donors (Lipinski definition) is 2. The van der Waals surface area contributed by atoms with Crippen LogP contribution in [0.15, 0.2) is 24.3 Å². The van der Waals surface area contributed by atoms with Gasteiger partial charge in [-0.1, -0.05) is 6.07 Å². The minimum atomic E-state index is 0.104. The normalized spacial score (nSPS) is 21.1. The van der Waals surface area contributed by atoms with Crippen LogP contribution in [0.4, 0.5) is 5.69 Å². The molecular formula is C20H33N3O. The van der Waals surface area contributed by atoms with E-state index >= 15 is 0 Å². The van der Waals surface area contributed by atoms with Gasteiger partial charge in [0.1, 0.15) is 0 Å². The Morgan fingerprint density at radius 2 is 1.79 bits per heavy atom. The van der Waals surface area contributed by atoms with Crippen molar-refractivity contribution in [3.05, 3.63) is 29.8 Å². The molecule has 0 aromatic heterocycles. The van der Waals surface area contributed by atoms with Crippen molar-refractivity contribution < 1.29 is 4.79 Å². The average molecular weight is 332 g/mol. The molecule has 1 aromatic carbocycles. The summed E-state index contributed by atoms with van der Waals surface area (Å²) in [5, 5.41) is 3.51. The van der Waals surface area contributed by atoms with Gasteiger partial charge in [0.15, 0.2) is 0 Å². The molecule has 134 valence electrons. The van der Waals surface area contributed by atoms with Gasteiger partial charge >= 0.3 is 0 Å². The molecular weight excluding hydrogens is 298 g/mol. The van der Waals surface area contributed by atoms with Crippen LogP contribution < -0.4 is 11.1 Å². The zero-order chi connectivity index (χ0) is 17.7. The predicted molar refractivity (Wildman–Crippen MR) is 101 cm³/mol. The van der Waals surface area contributed by atoms with Crippen LogP contribution in [0.1, 0.15) is 63.7 Å². The van der Waals surface area contributed by atoms with Crippen molar-refractivity contribution in [2.75, 3.05) is 11.9 Å². The lowest BCUT2D eigenvalue weighted by Crippen LogP contribution is -2.42. The number of carbonyl (C=O) groups excluding carboxylic acids is 1. The fourth-order valence-electron chi connectivity index (χ4n) is 3.63. The molecule has 4 heteroatoms. The van der Waals surface area contributed by atoms with Gasteiger partial charge in [-0.2, -0.15) is 0 Å². The van der Waals surface area contributed by atoms with Crippen LogP contribution in [0, 0.1) is 5.92 Å². The maximum absolute atomic E-state index is 12.8. The highest BCUT2D eigenvalue weighted by atomic mass is 16.2. The number of nitrogens with two attached hydrogens (primary N) is 1. The van der Waals surface area contributed by atoms with E-state index in [-0.39, 0.29) is 18.0 Å². The highest BCUT2D eigenvalue weighted by molar-refractivity contribution is 5.95. The topological polar surface area (TPSA) is 58.4 Å². The molecule has 0 saturated heterocycles. The van der Waals surface area contributed by atoms with Crippen LogP contribution in [-0.2, 0) is 0 Å². The van der Waals surface area contributed by atoms with Crippen molar-refractivity contribution >= 4 is 11.6 Å². The molecule has 0 atom stereocenters. The minimum absolute atomic E-state index is 0.104. The summed E-state index contributed by atoms with van der Waals surface area (Å²) in [4.78, 5) is 14.7. The van der Waals surface area contributed by atoms with Crippen molar-refractivity contribution in [1.29, 1.82) is 0 Å². The first-order chi connectivity index (χ1) is 11.4. The zero-order valence-corrected chi connectivity index (χ0v) is 15.6. The Bertz CT molecular complexity index is 525. The van der Waals surface area contributed by atoms with Gasteiger partial charge in [-0.25, -0.2) is 0 Å². The van der Waals surface area contributed by atoms with Crippen molar-refractivity contribution in [3.8, 4) is 0 Å². The Hall–Kier alpha value is -1.55. The van der Waals surface area contributed by atoms with Gasteiger partial charge in [0, 0.05) is 35.9 Å². The van der Waals surface area contributed by atoms with E-state index in [1.165, 1.54) is 12.8 Å². The van der Waals surface area contributed by atoms with E-state index in [1.54, 1.807) is 0 Å². The summed E-state index contributed by atoms with van der Waals surface area (Å²) in [6.45, 7) is 9.21. The summed E-state index contributed by atoms with van der Waals surface area (Å²) in [5.41, 5.74) is 7.76. The van der Waals surface area contributed by atoms with Gasteiger partial charge in [0.2, 0.25) is 0 Å². The summed E-state index contributed by atoms with van der Waals surface area (Å²) in [5.74, 6) is 0.791. The first kappa shape index (κ1) is 18.8. The zero-order valence-electron chi connectivity index (χ0n) is 15.6. The second-order valence-corrected chi connectivity index (χ2v) is 7.64. The average Bonchev–Trinajstić information content (AvgIpc) is 2.54. The van der Waals surface area contributed by atoms with Gasteiger partial charge in [-0.3, -0.25) is 4.79 Å². The molecule has 1 saturated carbocycles. The van der Waals surface area contributed by atoms with Crippen LogP contribution >= 0.6 is 0 Å². The molecule has 1 amide bonds. The highest BCUT2D eigenvalue weighted by Crippen LogP contribution is 2.24. The van der Waals surface area contributed by atoms with Crippen LogP contribution in [0.5, 0.6) is 0 Å². The summed E-state index contributed by atoms with van der Waals surface area (Å²) in [6, 6.07) is 8.67. The molecule has 0 spiro atoms. The molecule has 24 heavy (non-hydrogen) atoms. The third-order valence-electron chi connectivity index (χ3n) is 4.94. The Morgan fingerprint density at radius 3 is 2.38 bits per heavy atom. The van der Waals surface area contributed by atoms with Gasteiger partial charge in [-0.15, -0.1) is 0 Å². The monoisotopic (exact) mass is 331 g/mol. The van der Waals surface area contributed by atoms with Crippen molar-refractivity contribution in [1.82, 2.24) is 4.90 Å². The van der Waals surface area contributed by atoms with E-state index < -0.39 is 0 Å². The second kappa shape index (κ2) is 8.52. The number of carbonyl (C=O) groups is 1. The molecule has 4 nitrogen and oxygen atoms in total. The van der Waals surface area contributed by atoms with Crippen LogP contribution in [-0.4, -0.2) is 35.5 Å². The Morgan fingerprint density at radius 1 is 1.17 bits per heavy atom. The fraction of sp³-hybridized carbons (Fsp3) is 0.650. The summed E-state index contributed by atoms with van der Waals surface area (Å²) in [7, 11) is 0. The summed E-state index contributed by atoms with van der Waals surface area (Å²) in [6.07, 6.45) is 4.65. The lowest BCUT2D eigenvalue weighted by molar-refractivity contribution is 0.0644. The van der Waals surface area contributed by atoms with Crippen molar-refractivity contribution in [2.45, 2.75) is 71.5 Å². The third kappa shape index (κ3) is 4.97. The molecule has 3 N–H and O–H groups in total. The standard InChI is InChI=1S/C20H33N3O/c1-14(2)23(15(3)4)20(24)17-6-5-7-19(12-17)22-13-16-8-10-18(21)11-9-16/h5-7,12,14-16,18,22H,8-11,13,21H2,1-4H3/t16-,18-. The van der Waals surface area contributed by atoms with E-state index in [9.17, 15) is 4.79 Å². The van der Waals surface area contributed by atoms with E-state index in [1.807, 2.05) is 29.2 Å². The minimum Gasteiger partial charge on any atom is -0.385 e. The number of benzene rings is 1. The predicted octanol–water partition coefficient (Wildman–Crippen LogP) is 3.88. The molecule has 0 radical (unpaired) electrons. The maximum Gasteiger partial charge on any atom is 0.254 e. The number of rotatable bonds is 6. The Balaban J connectivity index is 1.99. The van der Waals surface area contributed by atoms with E-state index in [2.05, 4.69) is 33.0 Å². The van der Waals surface area contributed by atoms with Crippen LogP contribution in [0.25, 0.3) is 0 Å². The van der Waals surface area contributed by atoms with Crippen molar-refractivity contribution in [3.63, 3.8) is 0 Å². The highest BCUT2D eigenvalue weighted by Gasteiger charge is 2.22. The number of amides is 1. The molecule has 1 aromatic rings. The van der Waals surface area contributed by atoms with Gasteiger partial charge in [0.25, 0.3) is 5.91 Å². The molecule has 0 aliphatic heterocycles. The molecule has 0 heterocycles. The van der Waals surface area contributed by atoms with Gasteiger partial charge < -0.3 is 16.0 Å². The second-order valence-electron chi connectivity index (χ2n) is 7.64. The smallest absolute Gasteiger partial charge is 0.254 e. The number of nitrogens with one attached hydrogen (secondary N) is 1. The molecule has 1 aliphatic rings. The summed E-state index contributed by atoms with van der Waals surface area (Å²) < 4.78 is 0. The quantitative estimate of drug-likeness (QED) is 0.832. The molecule has 2 rings (SSSR count). The van der Waals surface area contributed by atoms with Gasteiger partial charge in [-0.05, 0) is 77.5 Å². The van der Waals surface area contributed by atoms with E-state index in [0.717, 1.165) is 30.6 Å². The van der Waals surface area contributed by atoms with Crippen LogP contribution in [0.3, 0.4) is 0 Å². The van der Waals surface area contributed by atoms with E-state index in [0.29, 0.717) is 12.0 Å². The van der Waals surface area contributed by atoms with E-state index in [4.69, 9.17) is 5.73 Å². The third-order valence-corrected chi connectivity index (χ3v) is 4.94. The summed E-state index contributed by atoms with van der Waals surface area (Å²) >= 11 is 0. The first-order valence-electron chi connectivity index (χ1n) is 9.30. The van der Waals surface area contributed by atoms with Crippen LogP contribution in [0.2, 0.25) is 0 Å². The Labute approximate surface area is 146 Å². The SMILES string of the molecule is CC(C)N(C(=O)c1cccc(NC[C@H]2CC[C@H](N)CC2)c1)C(C)C. The van der Waals surface area contributed by atoms with Crippen molar-refractivity contribution in [2.24, 2.45) is 11.7 Å². The molecule has 0 unspecified atom stereocenters. The molecule has 1 fully saturated rings. The number of hydrogen-bond acceptors (Lipinski definition) is 3. The fourth-order valence-corrected chi connectivity index (χ4v) is 3.63. The maximum atomic E-state index is 12.8. The first-order valence-corrected chi connectivity index (χ1v) is 9.30. The Kier molecular flexibility index (Phi) is 6.67. The molecule has 1 aliphatic carbocycles. The number of nitrogens with zero attached hydrogens (tertiary/aromatic N) is 1. The van der Waals surface area contributed by atoms with Gasteiger partial charge in [0.05, 0.1) is 0 Å².